The Kier molecular flexibility index (Phi) is 6.81. The third-order valence-corrected chi connectivity index (χ3v) is 9.71. The highest BCUT2D eigenvalue weighted by Gasteiger charge is 2.44. The molecule has 1 aliphatic heterocycles. The van der Waals surface area contributed by atoms with Crippen molar-refractivity contribution in [1.82, 2.24) is 4.72 Å². The highest BCUT2D eigenvalue weighted by molar-refractivity contribution is 8.18. The summed E-state index contributed by atoms with van der Waals surface area (Å²) in [6.07, 6.45) is 1.20. The third-order valence-electron chi connectivity index (χ3n) is 5.07. The molecule has 1 saturated heterocycles. The molecule has 1 aliphatic rings. The lowest BCUT2D eigenvalue weighted by Gasteiger charge is -2.43. The zero-order chi connectivity index (χ0) is 20.1. The average molecular weight is 440 g/mol. The summed E-state index contributed by atoms with van der Waals surface area (Å²) in [5.74, 6) is 2.20. The Labute approximate surface area is 184 Å². The van der Waals surface area contributed by atoms with Crippen molar-refractivity contribution in [1.29, 1.82) is 0 Å². The van der Waals surface area contributed by atoms with Crippen LogP contribution in [-0.4, -0.2) is 15.7 Å². The van der Waals surface area contributed by atoms with E-state index in [0.29, 0.717) is 0 Å². The summed E-state index contributed by atoms with van der Waals surface area (Å²) in [7, 11) is -1.30. The van der Waals surface area contributed by atoms with Crippen LogP contribution in [0.3, 0.4) is 0 Å². The van der Waals surface area contributed by atoms with Crippen LogP contribution in [-0.2, 0) is 15.1 Å². The van der Waals surface area contributed by atoms with Crippen molar-refractivity contribution in [2.24, 2.45) is 0 Å². The van der Waals surface area contributed by atoms with E-state index < -0.39 is 11.0 Å². The lowest BCUT2D eigenvalue weighted by molar-refractivity contribution is 0.589. The number of hydrogen-bond acceptors (Lipinski definition) is 3. The summed E-state index contributed by atoms with van der Waals surface area (Å²) < 4.78 is 16.6. The Morgan fingerprint density at radius 3 is 2.07 bits per heavy atom. The molecule has 0 spiro atoms. The molecule has 1 fully saturated rings. The molecule has 3 aromatic rings. The molecule has 3 aromatic carbocycles. The van der Waals surface area contributed by atoms with Crippen molar-refractivity contribution in [3.8, 4) is 0 Å². The minimum Gasteiger partial charge on any atom is -0.237 e. The molecule has 0 saturated carbocycles. The first-order valence-corrected chi connectivity index (χ1v) is 12.9. The van der Waals surface area contributed by atoms with Crippen LogP contribution >= 0.6 is 23.5 Å². The molecular formula is C24H25NOS3. The molecule has 0 radical (unpaired) electrons. The van der Waals surface area contributed by atoms with Gasteiger partial charge in [-0.25, -0.2) is 8.93 Å². The summed E-state index contributed by atoms with van der Waals surface area (Å²) in [4.78, 5) is 0.811. The smallest absolute Gasteiger partial charge is 0.125 e. The summed E-state index contributed by atoms with van der Waals surface area (Å²) in [5.41, 5.74) is 3.61. The number of benzene rings is 3. The fourth-order valence-corrected chi connectivity index (χ4v) is 8.29. The van der Waals surface area contributed by atoms with Crippen LogP contribution in [0.2, 0.25) is 0 Å². The molecule has 1 N–H and O–H groups in total. The summed E-state index contributed by atoms with van der Waals surface area (Å²) in [5, 5.41) is 0. The predicted octanol–water partition coefficient (Wildman–Crippen LogP) is 6.07. The third kappa shape index (κ3) is 4.64. The minimum absolute atomic E-state index is 0.0801. The van der Waals surface area contributed by atoms with E-state index in [1.165, 1.54) is 23.1 Å². The van der Waals surface area contributed by atoms with Crippen LogP contribution < -0.4 is 4.72 Å². The van der Waals surface area contributed by atoms with Gasteiger partial charge < -0.3 is 0 Å². The van der Waals surface area contributed by atoms with Crippen molar-refractivity contribution in [3.63, 3.8) is 0 Å². The van der Waals surface area contributed by atoms with E-state index in [0.717, 1.165) is 16.4 Å². The summed E-state index contributed by atoms with van der Waals surface area (Å²) >= 11 is 3.94. The van der Waals surface area contributed by atoms with Crippen molar-refractivity contribution >= 4 is 34.5 Å². The van der Waals surface area contributed by atoms with E-state index in [1.54, 1.807) is 0 Å². The molecule has 0 bridgehead atoms. The Hall–Kier alpha value is -1.53. The van der Waals surface area contributed by atoms with Gasteiger partial charge in [-0.15, -0.1) is 23.5 Å². The highest BCUT2D eigenvalue weighted by atomic mass is 32.2. The average Bonchev–Trinajstić information content (AvgIpc) is 2.79. The molecule has 2 atom stereocenters. The molecule has 29 heavy (non-hydrogen) atoms. The maximum Gasteiger partial charge on any atom is 0.125 e. The second-order valence-electron chi connectivity index (χ2n) is 7.13. The molecule has 0 unspecified atom stereocenters. The van der Waals surface area contributed by atoms with Crippen LogP contribution in [0.25, 0.3) is 0 Å². The first-order chi connectivity index (χ1) is 14.2. The Balaban J connectivity index is 1.76. The zero-order valence-electron chi connectivity index (χ0n) is 16.4. The Bertz CT molecular complexity index is 939. The molecule has 0 aromatic heterocycles. The lowest BCUT2D eigenvalue weighted by atomic mass is 9.98. The molecule has 0 aliphatic carbocycles. The van der Waals surface area contributed by atoms with Crippen LogP contribution in [0.5, 0.6) is 0 Å². The number of thioether (sulfide) groups is 2. The molecular weight excluding hydrogens is 414 g/mol. The van der Waals surface area contributed by atoms with E-state index in [4.69, 9.17) is 0 Å². The quantitative estimate of drug-likeness (QED) is 0.505. The van der Waals surface area contributed by atoms with E-state index in [-0.39, 0.29) is 10.1 Å². The van der Waals surface area contributed by atoms with Gasteiger partial charge in [0.1, 0.15) is 15.1 Å². The molecule has 2 nitrogen and oxygen atoms in total. The monoisotopic (exact) mass is 439 g/mol. The van der Waals surface area contributed by atoms with Crippen molar-refractivity contribution in [2.75, 3.05) is 11.5 Å². The van der Waals surface area contributed by atoms with Crippen molar-refractivity contribution < 1.29 is 4.21 Å². The second kappa shape index (κ2) is 9.52. The van der Waals surface area contributed by atoms with Gasteiger partial charge in [-0.2, -0.15) is 0 Å². The minimum atomic E-state index is -1.30. The Morgan fingerprint density at radius 2 is 1.45 bits per heavy atom. The van der Waals surface area contributed by atoms with Gasteiger partial charge in [0.25, 0.3) is 0 Å². The van der Waals surface area contributed by atoms with Gasteiger partial charge in [0.2, 0.25) is 0 Å². The summed E-state index contributed by atoms with van der Waals surface area (Å²) in [6, 6.07) is 29.0. The molecule has 150 valence electrons. The normalized spacial score (nSPS) is 18.1. The van der Waals surface area contributed by atoms with Crippen LogP contribution in [0.15, 0.2) is 89.8 Å². The van der Waals surface area contributed by atoms with Crippen LogP contribution in [0.1, 0.15) is 29.2 Å². The van der Waals surface area contributed by atoms with Crippen LogP contribution in [0, 0.1) is 6.92 Å². The van der Waals surface area contributed by atoms with Crippen molar-refractivity contribution in [3.05, 3.63) is 102 Å². The molecule has 5 heteroatoms. The van der Waals surface area contributed by atoms with Crippen LogP contribution in [0.4, 0.5) is 0 Å². The second-order valence-corrected chi connectivity index (χ2v) is 11.3. The largest absolute Gasteiger partial charge is 0.237 e. The SMILES string of the molecule is Cc1ccc([S@](=O)N[C@@H](c2ccccc2)C2(c3ccccc3)SCCCS2)cc1. The first kappa shape index (κ1) is 20.7. The van der Waals surface area contributed by atoms with Crippen molar-refractivity contribution in [2.45, 2.75) is 28.4 Å². The fraction of sp³-hybridized carbons (Fsp3) is 0.250. The Morgan fingerprint density at radius 1 is 0.862 bits per heavy atom. The molecule has 1 heterocycles. The van der Waals surface area contributed by atoms with Gasteiger partial charge in [0, 0.05) is 0 Å². The maximum absolute atomic E-state index is 13.3. The molecule has 4 rings (SSSR count). The number of aryl methyl sites for hydroxylation is 1. The lowest BCUT2D eigenvalue weighted by Crippen LogP contribution is -2.40. The van der Waals surface area contributed by atoms with Gasteiger partial charge in [0.15, 0.2) is 0 Å². The van der Waals surface area contributed by atoms with Gasteiger partial charge in [-0.3, -0.25) is 0 Å². The summed E-state index contributed by atoms with van der Waals surface area (Å²) in [6.45, 7) is 2.05. The van der Waals surface area contributed by atoms with Gasteiger partial charge in [-0.05, 0) is 48.1 Å². The predicted molar refractivity (Wildman–Crippen MR) is 128 cm³/mol. The van der Waals surface area contributed by atoms with Gasteiger partial charge in [0.05, 0.1) is 10.9 Å². The molecule has 0 amide bonds. The topological polar surface area (TPSA) is 29.1 Å². The van der Waals surface area contributed by atoms with Gasteiger partial charge in [-0.1, -0.05) is 78.4 Å². The van der Waals surface area contributed by atoms with E-state index in [2.05, 4.69) is 59.3 Å². The van der Waals surface area contributed by atoms with E-state index in [9.17, 15) is 4.21 Å². The standard InChI is InChI=1S/C24H25NOS3/c1-19-13-15-22(16-14-19)29(26)25-23(20-9-4-2-5-10-20)24(27-17-8-18-28-24)21-11-6-3-7-12-21/h2-7,9-16,23,25H,8,17-18H2,1H3/t23-,29-/m0/s1. The first-order valence-electron chi connectivity index (χ1n) is 9.82. The zero-order valence-corrected chi connectivity index (χ0v) is 18.9. The van der Waals surface area contributed by atoms with E-state index >= 15 is 0 Å². The maximum atomic E-state index is 13.3. The van der Waals surface area contributed by atoms with E-state index in [1.807, 2.05) is 60.8 Å². The fourth-order valence-electron chi connectivity index (χ4n) is 3.57. The number of hydrogen-bond donors (Lipinski definition) is 1. The van der Waals surface area contributed by atoms with Gasteiger partial charge >= 0.3 is 0 Å². The number of nitrogens with one attached hydrogen (secondary N) is 1. The number of rotatable bonds is 6. The highest BCUT2D eigenvalue weighted by Crippen LogP contribution is 2.57.